The van der Waals surface area contributed by atoms with Crippen molar-refractivity contribution in [3.05, 3.63) is 37.4 Å². The lowest BCUT2D eigenvalue weighted by molar-refractivity contribution is -0.778. The summed E-state index contributed by atoms with van der Waals surface area (Å²) in [6, 6.07) is 0. The smallest absolute Gasteiger partial charge is 0.244 e. The number of hydrogen-bond acceptors (Lipinski definition) is 2. The van der Waals surface area contributed by atoms with Crippen LogP contribution in [0.5, 0.6) is 0 Å². The Kier molecular flexibility index (Phi) is 4.72. The van der Waals surface area contributed by atoms with Crippen molar-refractivity contribution in [3.8, 4) is 0 Å². The van der Waals surface area contributed by atoms with Gasteiger partial charge in [-0.05, 0) is 27.7 Å². The molecule has 0 fully saturated rings. The van der Waals surface area contributed by atoms with Crippen LogP contribution in [0.4, 0.5) is 0 Å². The van der Waals surface area contributed by atoms with Crippen molar-refractivity contribution in [2.75, 3.05) is 0 Å². The van der Waals surface area contributed by atoms with Crippen LogP contribution in [0.1, 0.15) is 27.7 Å². The van der Waals surface area contributed by atoms with Gasteiger partial charge in [-0.3, -0.25) is 0 Å². The minimum atomic E-state index is -0.708. The van der Waals surface area contributed by atoms with E-state index in [2.05, 4.69) is 9.13 Å². The molecule has 0 amide bonds. The first-order valence-electron chi connectivity index (χ1n) is 7.65. The van der Waals surface area contributed by atoms with Crippen LogP contribution < -0.4 is 9.13 Å². The molecule has 0 spiro atoms. The van der Waals surface area contributed by atoms with Crippen LogP contribution in [0.2, 0.25) is 0 Å². The van der Waals surface area contributed by atoms with Gasteiger partial charge < -0.3 is 10.2 Å². The first-order valence-corrected chi connectivity index (χ1v) is 7.65. The van der Waals surface area contributed by atoms with E-state index in [1.807, 2.05) is 46.6 Å². The highest BCUT2D eigenvalue weighted by Gasteiger charge is 2.19. The van der Waals surface area contributed by atoms with Gasteiger partial charge in [-0.2, -0.15) is 0 Å². The lowest BCUT2D eigenvalue weighted by Gasteiger charge is -2.13. The molecule has 2 heterocycles. The van der Waals surface area contributed by atoms with E-state index in [0.717, 1.165) is 13.1 Å². The van der Waals surface area contributed by atoms with Crippen LogP contribution in [0.15, 0.2) is 37.4 Å². The van der Waals surface area contributed by atoms with Crippen LogP contribution in [0, 0.1) is 0 Å². The molecule has 22 heavy (non-hydrogen) atoms. The number of rotatable bonds is 7. The average Bonchev–Trinajstić information content (AvgIpc) is 2.92. The van der Waals surface area contributed by atoms with Crippen LogP contribution in [-0.2, 0) is 26.2 Å². The lowest BCUT2D eigenvalue weighted by Crippen LogP contribution is -2.42. The predicted octanol–water partition coefficient (Wildman–Crippen LogP) is 0.107. The zero-order valence-corrected chi connectivity index (χ0v) is 14.0. The topological polar surface area (TPSA) is 58.1 Å². The van der Waals surface area contributed by atoms with Crippen LogP contribution in [0.3, 0.4) is 0 Å². The largest absolute Gasteiger partial charge is 0.386 e. The summed E-state index contributed by atoms with van der Waals surface area (Å²) in [7, 11) is 0. The molecule has 0 bridgehead atoms. The van der Waals surface area contributed by atoms with Gasteiger partial charge in [0.25, 0.3) is 0 Å². The third-order valence-electron chi connectivity index (χ3n) is 3.25. The van der Waals surface area contributed by atoms with Gasteiger partial charge in [-0.15, -0.1) is 0 Å². The fraction of sp³-hybridized carbons (Fsp3) is 0.625. The van der Waals surface area contributed by atoms with E-state index >= 15 is 0 Å². The summed E-state index contributed by atoms with van der Waals surface area (Å²) in [5.74, 6) is 0. The van der Waals surface area contributed by atoms with Gasteiger partial charge in [0.05, 0.1) is 11.2 Å². The fourth-order valence-corrected chi connectivity index (χ4v) is 2.45. The van der Waals surface area contributed by atoms with Crippen molar-refractivity contribution in [1.29, 1.82) is 0 Å². The van der Waals surface area contributed by atoms with Crippen molar-refractivity contribution in [2.45, 2.75) is 65.1 Å². The molecule has 0 aliphatic rings. The number of hydrogen-bond donors (Lipinski definition) is 2. The molecular formula is C16H28N4O2+2. The summed E-state index contributed by atoms with van der Waals surface area (Å²) in [4.78, 5) is 0. The molecule has 0 saturated carbocycles. The van der Waals surface area contributed by atoms with Crippen molar-refractivity contribution in [2.24, 2.45) is 0 Å². The zero-order chi connectivity index (χ0) is 16.4. The Hall–Kier alpha value is -1.66. The summed E-state index contributed by atoms with van der Waals surface area (Å²) in [6.45, 7) is 10.1. The van der Waals surface area contributed by atoms with Crippen LogP contribution in [0.25, 0.3) is 0 Å². The second-order valence-electron chi connectivity index (χ2n) is 7.27. The first-order chi connectivity index (χ1) is 10.1. The molecule has 0 aromatic carbocycles. The summed E-state index contributed by atoms with van der Waals surface area (Å²) in [5, 5.41) is 19.7. The van der Waals surface area contributed by atoms with E-state index < -0.39 is 11.2 Å². The van der Waals surface area contributed by atoms with Gasteiger partial charge in [-0.25, -0.2) is 18.3 Å². The summed E-state index contributed by atoms with van der Waals surface area (Å²) >= 11 is 0. The Morgan fingerprint density at radius 2 is 1.14 bits per heavy atom. The third-order valence-corrected chi connectivity index (χ3v) is 3.25. The van der Waals surface area contributed by atoms with Gasteiger partial charge in [0.15, 0.2) is 0 Å². The van der Waals surface area contributed by atoms with E-state index in [0.29, 0.717) is 13.1 Å². The Morgan fingerprint density at radius 3 is 1.45 bits per heavy atom. The summed E-state index contributed by atoms with van der Waals surface area (Å²) in [5.41, 5.74) is -1.42. The number of nitrogens with zero attached hydrogens (tertiary/aromatic N) is 4. The highest BCUT2D eigenvalue weighted by molar-refractivity contribution is 4.74. The standard InChI is InChI=1S/C16H28N4O2/c1-15(2,21)11-19-9-7-17(13-19)5-6-18-8-10-20(14-18)12-16(3,4)22/h7-10,13-14,21-22H,5-6,11-12H2,1-4H3/q+2. The minimum Gasteiger partial charge on any atom is -0.386 e. The maximum atomic E-state index is 9.83. The molecule has 2 aromatic heterocycles. The molecule has 6 nitrogen and oxygen atoms in total. The van der Waals surface area contributed by atoms with Gasteiger partial charge in [-0.1, -0.05) is 0 Å². The predicted molar refractivity (Wildman–Crippen MR) is 81.8 cm³/mol. The zero-order valence-electron chi connectivity index (χ0n) is 14.0. The normalized spacial score (nSPS) is 12.8. The van der Waals surface area contributed by atoms with Gasteiger partial charge in [0.2, 0.25) is 12.7 Å². The molecule has 2 rings (SSSR count). The van der Waals surface area contributed by atoms with E-state index in [1.165, 1.54) is 0 Å². The number of aryl methyl sites for hydroxylation is 2. The van der Waals surface area contributed by atoms with Gasteiger partial charge in [0, 0.05) is 0 Å². The van der Waals surface area contributed by atoms with E-state index in [4.69, 9.17) is 0 Å². The van der Waals surface area contributed by atoms with Crippen molar-refractivity contribution in [1.82, 2.24) is 9.13 Å². The molecule has 0 aliphatic carbocycles. The van der Waals surface area contributed by atoms with Crippen LogP contribution in [-0.4, -0.2) is 30.5 Å². The van der Waals surface area contributed by atoms with E-state index in [1.54, 1.807) is 27.7 Å². The third kappa shape index (κ3) is 5.61. The van der Waals surface area contributed by atoms with Crippen molar-refractivity contribution < 1.29 is 19.3 Å². The summed E-state index contributed by atoms with van der Waals surface area (Å²) < 4.78 is 8.19. The molecule has 6 heteroatoms. The van der Waals surface area contributed by atoms with Gasteiger partial charge >= 0.3 is 0 Å². The Morgan fingerprint density at radius 1 is 0.773 bits per heavy atom. The highest BCUT2D eigenvalue weighted by atomic mass is 16.3. The molecular weight excluding hydrogens is 280 g/mol. The Bertz CT molecular complexity index is 548. The second-order valence-corrected chi connectivity index (χ2v) is 7.27. The van der Waals surface area contributed by atoms with Gasteiger partial charge in [0.1, 0.15) is 51.0 Å². The molecule has 2 aromatic rings. The van der Waals surface area contributed by atoms with Crippen molar-refractivity contribution in [3.63, 3.8) is 0 Å². The maximum Gasteiger partial charge on any atom is 0.244 e. The first kappa shape index (κ1) is 16.7. The summed E-state index contributed by atoms with van der Waals surface area (Å²) in [6.07, 6.45) is 12.0. The fourth-order valence-electron chi connectivity index (χ4n) is 2.45. The molecule has 0 atom stereocenters. The number of aliphatic hydroxyl groups is 2. The van der Waals surface area contributed by atoms with E-state index in [9.17, 15) is 10.2 Å². The maximum absolute atomic E-state index is 9.83. The molecule has 0 aliphatic heterocycles. The van der Waals surface area contributed by atoms with E-state index in [-0.39, 0.29) is 0 Å². The lowest BCUT2D eigenvalue weighted by atomic mass is 10.1. The second kappa shape index (κ2) is 6.22. The number of imidazole rings is 2. The minimum absolute atomic E-state index is 0.578. The molecule has 0 unspecified atom stereocenters. The molecule has 122 valence electrons. The SMILES string of the molecule is CC(C)(O)Cn1cc[n+](CC[n+]2ccn(CC(C)(C)O)c2)c1. The molecule has 0 saturated heterocycles. The highest BCUT2D eigenvalue weighted by Crippen LogP contribution is 2.05. The van der Waals surface area contributed by atoms with Crippen LogP contribution >= 0.6 is 0 Å². The average molecular weight is 308 g/mol. The Labute approximate surface area is 131 Å². The molecule has 2 N–H and O–H groups in total. The monoisotopic (exact) mass is 308 g/mol. The van der Waals surface area contributed by atoms with Crippen molar-refractivity contribution >= 4 is 0 Å². The Balaban J connectivity index is 1.88. The quantitative estimate of drug-likeness (QED) is 0.713. The number of aromatic nitrogens is 4. The molecule has 0 radical (unpaired) electrons.